The van der Waals surface area contributed by atoms with Crippen molar-refractivity contribution >= 4 is 32.9 Å². The molecule has 3 aromatic rings. The molecule has 0 spiro atoms. The molecule has 2 saturated heterocycles. The lowest BCUT2D eigenvalue weighted by molar-refractivity contribution is 0.0274. The van der Waals surface area contributed by atoms with Gasteiger partial charge in [-0.15, -0.1) is 0 Å². The van der Waals surface area contributed by atoms with Crippen molar-refractivity contribution in [2.24, 2.45) is 11.8 Å². The second-order valence-electron chi connectivity index (χ2n) is 11.1. The summed E-state index contributed by atoms with van der Waals surface area (Å²) in [5.74, 6) is 1.50. The molecular weight excluding hydrogens is 524 g/mol. The summed E-state index contributed by atoms with van der Waals surface area (Å²) in [5.41, 5.74) is 0.865. The van der Waals surface area contributed by atoms with Crippen molar-refractivity contribution in [3.05, 3.63) is 42.0 Å². The fourth-order valence-corrected chi connectivity index (χ4v) is 6.57. The van der Waals surface area contributed by atoms with Gasteiger partial charge in [0.05, 0.1) is 14.2 Å². The Hall–Kier alpha value is -3.51. The standard InChI is InChI=1S/C27H34N4O7S/c1-27(2,3)37-26(32)31-15-18-13-30(14-19(18)16-31)12-17-10-21(36-5)24-22(11-17)38-28-25(24)29-39(33,34)23-9-7-6-8-20(23)35-4/h6-11,18-19H,12-16H2,1-5H3,(H,28,29)/t18-,19+. The molecule has 0 aliphatic carbocycles. The van der Waals surface area contributed by atoms with Crippen molar-refractivity contribution < 1.29 is 31.9 Å². The number of nitrogens with zero attached hydrogens (tertiary/aromatic N) is 3. The van der Waals surface area contributed by atoms with Crippen molar-refractivity contribution in [2.45, 2.75) is 37.8 Å². The number of carbonyl (C=O) groups excluding carboxylic acids is 1. The summed E-state index contributed by atoms with van der Waals surface area (Å²) in [6, 6.07) is 10.1. The molecule has 5 rings (SSSR count). The maximum atomic E-state index is 13.1. The Balaban J connectivity index is 1.29. The van der Waals surface area contributed by atoms with E-state index in [2.05, 4.69) is 14.8 Å². The van der Waals surface area contributed by atoms with Gasteiger partial charge in [-0.25, -0.2) is 13.2 Å². The molecule has 2 aromatic carbocycles. The Morgan fingerprint density at radius 3 is 2.36 bits per heavy atom. The summed E-state index contributed by atoms with van der Waals surface area (Å²) in [5, 5.41) is 4.43. The highest BCUT2D eigenvalue weighted by atomic mass is 32.2. The number of likely N-dealkylation sites (tertiary alicyclic amines) is 2. The number of fused-ring (bicyclic) bond motifs is 2. The smallest absolute Gasteiger partial charge is 0.410 e. The Labute approximate surface area is 228 Å². The summed E-state index contributed by atoms with van der Waals surface area (Å²) >= 11 is 0. The van der Waals surface area contributed by atoms with E-state index in [9.17, 15) is 13.2 Å². The zero-order valence-corrected chi connectivity index (χ0v) is 23.6. The van der Waals surface area contributed by atoms with Gasteiger partial charge in [-0.2, -0.15) is 0 Å². The summed E-state index contributed by atoms with van der Waals surface area (Å²) in [6.07, 6.45) is -0.249. The molecular formula is C27H34N4O7S. The van der Waals surface area contributed by atoms with Gasteiger partial charge in [-0.1, -0.05) is 17.3 Å². The van der Waals surface area contributed by atoms with Crippen LogP contribution in [0.25, 0.3) is 11.0 Å². The first-order valence-corrected chi connectivity index (χ1v) is 14.3. The zero-order valence-electron chi connectivity index (χ0n) is 22.8. The lowest BCUT2D eigenvalue weighted by Gasteiger charge is -2.26. The van der Waals surface area contributed by atoms with Gasteiger partial charge in [-0.05, 0) is 62.4 Å². The Kier molecular flexibility index (Phi) is 7.10. The van der Waals surface area contributed by atoms with E-state index >= 15 is 0 Å². The predicted octanol–water partition coefficient (Wildman–Crippen LogP) is 3.94. The quantitative estimate of drug-likeness (QED) is 0.459. The molecule has 1 N–H and O–H groups in total. The number of methoxy groups -OCH3 is 2. The van der Waals surface area contributed by atoms with Gasteiger partial charge in [0.25, 0.3) is 10.0 Å². The van der Waals surface area contributed by atoms with E-state index in [1.807, 2.05) is 37.8 Å². The van der Waals surface area contributed by atoms with Crippen LogP contribution in [0.5, 0.6) is 11.5 Å². The molecule has 210 valence electrons. The SMILES string of the molecule is COc1ccccc1S(=O)(=O)Nc1noc2cc(CN3C[C@@H]4CN(C(=O)OC(C)(C)C)C[C@@H]4C3)cc(OC)c12. The molecule has 0 bridgehead atoms. The highest BCUT2D eigenvalue weighted by molar-refractivity contribution is 7.92. The van der Waals surface area contributed by atoms with Gasteiger partial charge >= 0.3 is 6.09 Å². The molecule has 39 heavy (non-hydrogen) atoms. The number of aromatic nitrogens is 1. The van der Waals surface area contributed by atoms with Gasteiger partial charge < -0.3 is 23.6 Å². The maximum Gasteiger partial charge on any atom is 0.410 e. The summed E-state index contributed by atoms with van der Waals surface area (Å²) < 4.78 is 50.6. The normalized spacial score (nSPS) is 19.8. The number of ether oxygens (including phenoxy) is 3. The third-order valence-electron chi connectivity index (χ3n) is 7.03. The van der Waals surface area contributed by atoms with Crippen LogP contribution in [-0.4, -0.2) is 75.5 Å². The van der Waals surface area contributed by atoms with E-state index in [0.717, 1.165) is 18.7 Å². The molecule has 11 nitrogen and oxygen atoms in total. The monoisotopic (exact) mass is 558 g/mol. The average molecular weight is 559 g/mol. The third-order valence-corrected chi connectivity index (χ3v) is 8.41. The number of benzene rings is 2. The van der Waals surface area contributed by atoms with Crippen LogP contribution in [0.2, 0.25) is 0 Å². The lowest BCUT2D eigenvalue weighted by Crippen LogP contribution is -2.37. The first kappa shape index (κ1) is 27.1. The minimum atomic E-state index is -4.00. The second kappa shape index (κ2) is 10.2. The Morgan fingerprint density at radius 2 is 1.72 bits per heavy atom. The maximum absolute atomic E-state index is 13.1. The second-order valence-corrected chi connectivity index (χ2v) is 12.7. The summed E-state index contributed by atoms with van der Waals surface area (Å²) in [4.78, 5) is 16.6. The highest BCUT2D eigenvalue weighted by Gasteiger charge is 2.42. The molecule has 2 aliphatic heterocycles. The number of hydrogen-bond donors (Lipinski definition) is 1. The molecule has 1 aromatic heterocycles. The average Bonchev–Trinajstić information content (AvgIpc) is 3.56. The minimum absolute atomic E-state index is 0.0101. The molecule has 2 aliphatic rings. The van der Waals surface area contributed by atoms with E-state index in [4.69, 9.17) is 18.7 Å². The van der Waals surface area contributed by atoms with E-state index in [1.165, 1.54) is 20.3 Å². The molecule has 2 atom stereocenters. The van der Waals surface area contributed by atoms with Crippen LogP contribution in [0.4, 0.5) is 10.6 Å². The van der Waals surface area contributed by atoms with Crippen LogP contribution in [0.15, 0.2) is 45.8 Å². The summed E-state index contributed by atoms with van der Waals surface area (Å²) in [6.45, 7) is 9.40. The molecule has 0 unspecified atom stereocenters. The van der Waals surface area contributed by atoms with Crippen LogP contribution in [0.3, 0.4) is 0 Å². The Bertz CT molecular complexity index is 1470. The van der Waals surface area contributed by atoms with Crippen molar-refractivity contribution in [3.63, 3.8) is 0 Å². The van der Waals surface area contributed by atoms with E-state index < -0.39 is 15.6 Å². The number of amides is 1. The first-order valence-electron chi connectivity index (χ1n) is 12.8. The first-order chi connectivity index (χ1) is 18.5. The van der Waals surface area contributed by atoms with Gasteiger partial charge in [0.1, 0.15) is 27.4 Å². The largest absolute Gasteiger partial charge is 0.496 e. The number of sulfonamides is 1. The van der Waals surface area contributed by atoms with E-state index in [-0.39, 0.29) is 22.6 Å². The van der Waals surface area contributed by atoms with Gasteiger partial charge in [0.2, 0.25) is 0 Å². The van der Waals surface area contributed by atoms with Crippen molar-refractivity contribution in [3.8, 4) is 11.5 Å². The minimum Gasteiger partial charge on any atom is -0.496 e. The highest BCUT2D eigenvalue weighted by Crippen LogP contribution is 2.37. The molecule has 2 fully saturated rings. The van der Waals surface area contributed by atoms with Crippen LogP contribution >= 0.6 is 0 Å². The van der Waals surface area contributed by atoms with Gasteiger partial charge in [0, 0.05) is 32.7 Å². The topological polar surface area (TPSA) is 123 Å². The lowest BCUT2D eigenvalue weighted by atomic mass is 10.0. The molecule has 3 heterocycles. The fraction of sp³-hybridized carbons (Fsp3) is 0.481. The number of anilines is 1. The van der Waals surface area contributed by atoms with Gasteiger partial charge in [-0.3, -0.25) is 9.62 Å². The van der Waals surface area contributed by atoms with Crippen LogP contribution < -0.4 is 14.2 Å². The van der Waals surface area contributed by atoms with Crippen molar-refractivity contribution in [2.75, 3.05) is 45.1 Å². The predicted molar refractivity (Wildman–Crippen MR) is 144 cm³/mol. The van der Waals surface area contributed by atoms with Gasteiger partial charge in [0.15, 0.2) is 11.4 Å². The van der Waals surface area contributed by atoms with Crippen molar-refractivity contribution in [1.82, 2.24) is 15.0 Å². The van der Waals surface area contributed by atoms with Crippen LogP contribution in [-0.2, 0) is 21.3 Å². The molecule has 0 radical (unpaired) electrons. The number of nitrogens with one attached hydrogen (secondary N) is 1. The van der Waals surface area contributed by atoms with Crippen LogP contribution in [0, 0.1) is 11.8 Å². The van der Waals surface area contributed by atoms with Crippen LogP contribution in [0.1, 0.15) is 26.3 Å². The molecule has 1 amide bonds. The number of rotatable bonds is 7. The number of para-hydroxylation sites is 1. The summed E-state index contributed by atoms with van der Waals surface area (Å²) in [7, 11) is -1.06. The fourth-order valence-electron chi connectivity index (χ4n) is 5.39. The number of hydrogen-bond acceptors (Lipinski definition) is 9. The third kappa shape index (κ3) is 5.62. The molecule has 0 saturated carbocycles. The van der Waals surface area contributed by atoms with E-state index in [0.29, 0.717) is 48.2 Å². The molecule has 12 heteroatoms. The number of carbonyl (C=O) groups is 1. The van der Waals surface area contributed by atoms with Crippen molar-refractivity contribution in [1.29, 1.82) is 0 Å². The Morgan fingerprint density at radius 1 is 1.05 bits per heavy atom. The zero-order chi connectivity index (χ0) is 27.9. The van der Waals surface area contributed by atoms with E-state index in [1.54, 1.807) is 18.2 Å².